The lowest BCUT2D eigenvalue weighted by molar-refractivity contribution is -0.121. The van der Waals surface area contributed by atoms with Crippen LogP contribution in [0.5, 0.6) is 0 Å². The summed E-state index contributed by atoms with van der Waals surface area (Å²) >= 11 is 1.77. The summed E-state index contributed by atoms with van der Waals surface area (Å²) in [7, 11) is 0. The van der Waals surface area contributed by atoms with Gasteiger partial charge in [-0.05, 0) is 49.5 Å². The van der Waals surface area contributed by atoms with Crippen LogP contribution < -0.4 is 5.32 Å². The number of fused-ring (bicyclic) bond motifs is 1. The van der Waals surface area contributed by atoms with E-state index in [0.717, 1.165) is 29.9 Å². The minimum absolute atomic E-state index is 0.0891. The van der Waals surface area contributed by atoms with E-state index in [9.17, 15) is 4.79 Å². The summed E-state index contributed by atoms with van der Waals surface area (Å²) in [6, 6.07) is 12.5. The van der Waals surface area contributed by atoms with Gasteiger partial charge in [-0.2, -0.15) is 0 Å². The Balaban J connectivity index is 1.32. The molecule has 26 heavy (non-hydrogen) atoms. The number of benzene rings is 1. The molecule has 1 amide bonds. The van der Waals surface area contributed by atoms with Gasteiger partial charge in [0, 0.05) is 24.3 Å². The lowest BCUT2D eigenvalue weighted by Gasteiger charge is -2.26. The molecule has 1 aliphatic heterocycles. The molecule has 3 aromatic rings. The van der Waals surface area contributed by atoms with Crippen LogP contribution in [0.3, 0.4) is 0 Å². The molecule has 136 valence electrons. The summed E-state index contributed by atoms with van der Waals surface area (Å²) in [4.78, 5) is 24.0. The van der Waals surface area contributed by atoms with Crippen LogP contribution in [-0.4, -0.2) is 40.4 Å². The first-order valence-electron chi connectivity index (χ1n) is 9.27. The van der Waals surface area contributed by atoms with Crippen LogP contribution in [0.2, 0.25) is 0 Å². The molecular formula is C20H24N4OS. The van der Waals surface area contributed by atoms with E-state index in [1.807, 2.05) is 24.3 Å². The largest absolute Gasteiger partial charge is 0.354 e. The predicted molar refractivity (Wildman–Crippen MR) is 105 cm³/mol. The second-order valence-corrected chi connectivity index (χ2v) is 7.76. The number of para-hydroxylation sites is 2. The van der Waals surface area contributed by atoms with Gasteiger partial charge in [0.25, 0.3) is 0 Å². The maximum absolute atomic E-state index is 12.4. The molecular weight excluding hydrogens is 344 g/mol. The minimum atomic E-state index is 0.0891. The van der Waals surface area contributed by atoms with Crippen LogP contribution in [0.4, 0.5) is 0 Å². The molecule has 0 saturated carbocycles. The molecule has 0 spiro atoms. The summed E-state index contributed by atoms with van der Waals surface area (Å²) in [6.45, 7) is 2.92. The van der Waals surface area contributed by atoms with Crippen molar-refractivity contribution in [1.29, 1.82) is 0 Å². The average Bonchev–Trinajstić information content (AvgIpc) is 3.40. The highest BCUT2D eigenvalue weighted by Crippen LogP contribution is 2.27. The number of likely N-dealkylation sites (tertiary alicyclic amines) is 1. The van der Waals surface area contributed by atoms with Gasteiger partial charge in [-0.3, -0.25) is 9.69 Å². The van der Waals surface area contributed by atoms with Gasteiger partial charge in [0.1, 0.15) is 5.82 Å². The van der Waals surface area contributed by atoms with Crippen molar-refractivity contribution >= 4 is 28.3 Å². The Morgan fingerprint density at radius 2 is 2.08 bits per heavy atom. The molecule has 1 atom stereocenters. The lowest BCUT2D eigenvalue weighted by atomic mass is 10.2. The van der Waals surface area contributed by atoms with Crippen molar-refractivity contribution in [2.45, 2.75) is 31.7 Å². The number of aryl methyl sites for hydroxylation is 1. The number of carbonyl (C=O) groups is 1. The first kappa shape index (κ1) is 17.2. The van der Waals surface area contributed by atoms with Gasteiger partial charge in [-0.15, -0.1) is 11.3 Å². The third-order valence-electron chi connectivity index (χ3n) is 4.97. The Morgan fingerprint density at radius 1 is 1.23 bits per heavy atom. The Morgan fingerprint density at radius 3 is 2.85 bits per heavy atom. The smallest absolute Gasteiger partial charge is 0.220 e. The second-order valence-electron chi connectivity index (χ2n) is 6.78. The number of hydrogen-bond donors (Lipinski definition) is 2. The third kappa shape index (κ3) is 3.97. The van der Waals surface area contributed by atoms with Crippen LogP contribution in [0.1, 0.15) is 36.0 Å². The fourth-order valence-corrected chi connectivity index (χ4v) is 4.46. The summed E-state index contributed by atoms with van der Waals surface area (Å²) < 4.78 is 0. The lowest BCUT2D eigenvalue weighted by Crippen LogP contribution is -2.36. The van der Waals surface area contributed by atoms with Crippen molar-refractivity contribution in [1.82, 2.24) is 20.2 Å². The maximum Gasteiger partial charge on any atom is 0.220 e. The number of nitrogens with one attached hydrogen (secondary N) is 2. The van der Waals surface area contributed by atoms with Crippen molar-refractivity contribution in [3.8, 4) is 0 Å². The summed E-state index contributed by atoms with van der Waals surface area (Å²) in [6.07, 6.45) is 3.59. The van der Waals surface area contributed by atoms with Crippen LogP contribution >= 0.6 is 11.3 Å². The molecule has 1 fully saturated rings. The zero-order chi connectivity index (χ0) is 17.8. The Hall–Kier alpha value is -2.18. The monoisotopic (exact) mass is 368 g/mol. The molecule has 5 nitrogen and oxygen atoms in total. The molecule has 1 unspecified atom stereocenters. The zero-order valence-electron chi connectivity index (χ0n) is 14.8. The van der Waals surface area contributed by atoms with E-state index in [0.29, 0.717) is 25.4 Å². The standard InChI is InChI=1S/C20H24N4OS/c25-20(10-9-19-22-15-6-1-2-7-16(15)23-19)21-14-17(18-8-5-13-26-18)24-11-3-4-12-24/h1-2,5-8,13,17H,3-4,9-12,14H2,(H,21,25)(H,22,23). The number of H-pyrrole nitrogens is 1. The molecule has 0 radical (unpaired) electrons. The number of rotatable bonds is 7. The van der Waals surface area contributed by atoms with E-state index in [1.165, 1.54) is 17.7 Å². The van der Waals surface area contributed by atoms with E-state index in [1.54, 1.807) is 11.3 Å². The fourth-order valence-electron chi connectivity index (χ4n) is 3.60. The topological polar surface area (TPSA) is 61.0 Å². The van der Waals surface area contributed by atoms with Gasteiger partial charge in [-0.1, -0.05) is 18.2 Å². The zero-order valence-corrected chi connectivity index (χ0v) is 15.6. The van der Waals surface area contributed by atoms with Crippen molar-refractivity contribution in [3.63, 3.8) is 0 Å². The number of aromatic nitrogens is 2. The highest BCUT2D eigenvalue weighted by molar-refractivity contribution is 7.10. The number of nitrogens with zero attached hydrogens (tertiary/aromatic N) is 2. The molecule has 6 heteroatoms. The number of aromatic amines is 1. The molecule has 0 bridgehead atoms. The Kier molecular flexibility index (Phi) is 5.32. The summed E-state index contributed by atoms with van der Waals surface area (Å²) in [5, 5.41) is 5.25. The van der Waals surface area contributed by atoms with E-state index in [-0.39, 0.29) is 5.91 Å². The van der Waals surface area contributed by atoms with Gasteiger partial charge in [0.15, 0.2) is 0 Å². The molecule has 0 aliphatic carbocycles. The van der Waals surface area contributed by atoms with E-state index >= 15 is 0 Å². The normalized spacial score (nSPS) is 16.2. The SMILES string of the molecule is O=C(CCc1nc2ccccc2[nH]1)NCC(c1cccs1)N1CCCC1. The Labute approximate surface area is 157 Å². The quantitative estimate of drug-likeness (QED) is 0.671. The van der Waals surface area contributed by atoms with Crippen LogP contribution in [0, 0.1) is 0 Å². The van der Waals surface area contributed by atoms with Crippen molar-refractivity contribution in [2.75, 3.05) is 19.6 Å². The van der Waals surface area contributed by atoms with Crippen molar-refractivity contribution in [3.05, 3.63) is 52.5 Å². The van der Waals surface area contributed by atoms with Gasteiger partial charge in [0.2, 0.25) is 5.91 Å². The van der Waals surface area contributed by atoms with Crippen LogP contribution in [-0.2, 0) is 11.2 Å². The van der Waals surface area contributed by atoms with E-state index in [4.69, 9.17) is 0 Å². The highest BCUT2D eigenvalue weighted by Gasteiger charge is 2.24. The van der Waals surface area contributed by atoms with E-state index in [2.05, 4.69) is 37.7 Å². The van der Waals surface area contributed by atoms with Gasteiger partial charge in [0.05, 0.1) is 17.1 Å². The molecule has 2 N–H and O–H groups in total. The van der Waals surface area contributed by atoms with Gasteiger partial charge >= 0.3 is 0 Å². The molecule has 4 rings (SSSR count). The van der Waals surface area contributed by atoms with Crippen molar-refractivity contribution in [2.24, 2.45) is 0 Å². The number of amides is 1. The molecule has 1 saturated heterocycles. The third-order valence-corrected chi connectivity index (χ3v) is 5.95. The fraction of sp³-hybridized carbons (Fsp3) is 0.400. The van der Waals surface area contributed by atoms with Crippen LogP contribution in [0.15, 0.2) is 41.8 Å². The number of hydrogen-bond acceptors (Lipinski definition) is 4. The predicted octanol–water partition coefficient (Wildman–Crippen LogP) is 3.51. The molecule has 1 aliphatic rings. The first-order chi connectivity index (χ1) is 12.8. The molecule has 2 aromatic heterocycles. The number of thiophene rings is 1. The highest BCUT2D eigenvalue weighted by atomic mass is 32.1. The minimum Gasteiger partial charge on any atom is -0.354 e. The average molecular weight is 369 g/mol. The summed E-state index contributed by atoms with van der Waals surface area (Å²) in [5.41, 5.74) is 1.98. The Bertz CT molecular complexity index is 819. The molecule has 3 heterocycles. The summed E-state index contributed by atoms with van der Waals surface area (Å²) in [5.74, 6) is 0.960. The van der Waals surface area contributed by atoms with Crippen LogP contribution in [0.25, 0.3) is 11.0 Å². The van der Waals surface area contributed by atoms with Gasteiger partial charge in [-0.25, -0.2) is 4.98 Å². The maximum atomic E-state index is 12.4. The second kappa shape index (κ2) is 8.01. The van der Waals surface area contributed by atoms with Crippen molar-refractivity contribution < 1.29 is 4.79 Å². The number of carbonyl (C=O) groups excluding carboxylic acids is 1. The number of imidazole rings is 1. The first-order valence-corrected chi connectivity index (χ1v) is 10.2. The van der Waals surface area contributed by atoms with Gasteiger partial charge < -0.3 is 10.3 Å². The van der Waals surface area contributed by atoms with E-state index < -0.39 is 0 Å². The molecule has 1 aromatic carbocycles.